The van der Waals surface area contributed by atoms with E-state index in [0.717, 1.165) is 16.5 Å². The van der Waals surface area contributed by atoms with Crippen LogP contribution >= 0.6 is 11.3 Å². The Kier molecular flexibility index (Phi) is 4.89. The number of hydrogen-bond donors (Lipinski definition) is 2. The molecule has 6 nitrogen and oxygen atoms in total. The van der Waals surface area contributed by atoms with Gasteiger partial charge in [0.05, 0.1) is 11.0 Å². The summed E-state index contributed by atoms with van der Waals surface area (Å²) < 4.78 is 1.96. The molecule has 2 aromatic heterocycles. The van der Waals surface area contributed by atoms with Crippen molar-refractivity contribution in [2.24, 2.45) is 0 Å². The van der Waals surface area contributed by atoms with Crippen molar-refractivity contribution in [3.05, 3.63) is 64.4 Å². The molecule has 3 rings (SSSR count). The van der Waals surface area contributed by atoms with Crippen molar-refractivity contribution >= 4 is 28.9 Å². The lowest BCUT2D eigenvalue weighted by Gasteiger charge is -2.19. The standard InChI is InChI=1S/C20H21N3O3S/c1-12-11-16(13(2)23(12)19-21-9-10-27-19)17(24)22-15-7-5-14(6-8-15)20(3,4)18(25)26/h5-11H,1-4H3,(H,22,24)(H,25,26). The molecule has 0 saturated carbocycles. The number of hydrogen-bond acceptors (Lipinski definition) is 4. The largest absolute Gasteiger partial charge is 0.481 e. The number of thiazole rings is 1. The Morgan fingerprint density at radius 1 is 1.19 bits per heavy atom. The number of carbonyl (C=O) groups is 2. The average Bonchev–Trinajstić information content (AvgIpc) is 3.23. The molecule has 0 radical (unpaired) electrons. The molecule has 0 saturated heterocycles. The molecular formula is C20H21N3O3S. The molecule has 0 aliphatic rings. The summed E-state index contributed by atoms with van der Waals surface area (Å²) in [6, 6.07) is 8.73. The smallest absolute Gasteiger partial charge is 0.313 e. The molecular weight excluding hydrogens is 362 g/mol. The molecule has 0 atom stereocenters. The van der Waals surface area contributed by atoms with E-state index in [2.05, 4.69) is 10.3 Å². The van der Waals surface area contributed by atoms with Crippen molar-refractivity contribution in [3.8, 4) is 5.13 Å². The van der Waals surface area contributed by atoms with Gasteiger partial charge in [0, 0.05) is 28.7 Å². The summed E-state index contributed by atoms with van der Waals surface area (Å²) in [5.41, 5.74) is 2.65. The second-order valence-corrected chi connectivity index (χ2v) is 7.77. The van der Waals surface area contributed by atoms with E-state index in [9.17, 15) is 14.7 Å². The van der Waals surface area contributed by atoms with Crippen molar-refractivity contribution in [2.75, 3.05) is 5.32 Å². The number of anilines is 1. The van der Waals surface area contributed by atoms with Gasteiger partial charge >= 0.3 is 5.97 Å². The minimum absolute atomic E-state index is 0.212. The first-order chi connectivity index (χ1) is 12.7. The third-order valence-electron chi connectivity index (χ3n) is 4.69. The number of rotatable bonds is 5. The minimum Gasteiger partial charge on any atom is -0.481 e. The number of carbonyl (C=O) groups excluding carboxylic acids is 1. The van der Waals surface area contributed by atoms with Crippen molar-refractivity contribution in [1.82, 2.24) is 9.55 Å². The van der Waals surface area contributed by atoms with Crippen LogP contribution in [0.3, 0.4) is 0 Å². The van der Waals surface area contributed by atoms with E-state index in [-0.39, 0.29) is 5.91 Å². The third-order valence-corrected chi connectivity index (χ3v) is 5.44. The van der Waals surface area contributed by atoms with Crippen LogP contribution in [-0.2, 0) is 10.2 Å². The van der Waals surface area contributed by atoms with Crippen LogP contribution < -0.4 is 5.32 Å². The molecule has 2 N–H and O–H groups in total. The first-order valence-corrected chi connectivity index (χ1v) is 9.34. The molecule has 140 valence electrons. The molecule has 2 heterocycles. The molecule has 1 aromatic carbocycles. The maximum atomic E-state index is 12.7. The van der Waals surface area contributed by atoms with Crippen LogP contribution in [0, 0.1) is 13.8 Å². The first-order valence-electron chi connectivity index (χ1n) is 8.46. The van der Waals surface area contributed by atoms with Crippen molar-refractivity contribution in [3.63, 3.8) is 0 Å². The van der Waals surface area contributed by atoms with Crippen molar-refractivity contribution < 1.29 is 14.7 Å². The molecule has 0 aliphatic carbocycles. The lowest BCUT2D eigenvalue weighted by molar-refractivity contribution is -0.142. The topological polar surface area (TPSA) is 84.2 Å². The third kappa shape index (κ3) is 3.50. The Morgan fingerprint density at radius 3 is 2.41 bits per heavy atom. The van der Waals surface area contributed by atoms with E-state index < -0.39 is 11.4 Å². The maximum Gasteiger partial charge on any atom is 0.313 e. The molecule has 0 fully saturated rings. The summed E-state index contributed by atoms with van der Waals surface area (Å²) in [7, 11) is 0. The number of aromatic nitrogens is 2. The predicted molar refractivity (Wildman–Crippen MR) is 106 cm³/mol. The van der Waals surface area contributed by atoms with E-state index in [1.807, 2.05) is 29.9 Å². The highest BCUT2D eigenvalue weighted by Gasteiger charge is 2.29. The summed E-state index contributed by atoms with van der Waals surface area (Å²) in [4.78, 5) is 28.4. The Morgan fingerprint density at radius 2 is 1.85 bits per heavy atom. The summed E-state index contributed by atoms with van der Waals surface area (Å²) in [5, 5.41) is 14.9. The SMILES string of the molecule is Cc1cc(C(=O)Nc2ccc(C(C)(C)C(=O)O)cc2)c(C)n1-c1nccs1. The van der Waals surface area contributed by atoms with Crippen molar-refractivity contribution in [1.29, 1.82) is 0 Å². The number of nitrogens with one attached hydrogen (secondary N) is 1. The average molecular weight is 383 g/mol. The highest BCUT2D eigenvalue weighted by atomic mass is 32.1. The van der Waals surface area contributed by atoms with Crippen LogP contribution in [-0.4, -0.2) is 26.5 Å². The summed E-state index contributed by atoms with van der Waals surface area (Å²) >= 11 is 1.51. The second kappa shape index (κ2) is 7.00. The Hall–Kier alpha value is -2.93. The van der Waals surface area contributed by atoms with Gasteiger partial charge < -0.3 is 10.4 Å². The van der Waals surface area contributed by atoms with E-state index in [1.54, 1.807) is 44.3 Å². The first kappa shape index (κ1) is 18.8. The zero-order chi connectivity index (χ0) is 19.8. The summed E-state index contributed by atoms with van der Waals surface area (Å²) in [6.45, 7) is 7.13. The Labute approximate surface area is 161 Å². The number of nitrogens with zero attached hydrogens (tertiary/aromatic N) is 2. The molecule has 3 aromatic rings. The van der Waals surface area contributed by atoms with Crippen LogP contribution in [0.15, 0.2) is 41.9 Å². The van der Waals surface area contributed by atoms with Gasteiger partial charge in [-0.2, -0.15) is 0 Å². The molecule has 7 heteroatoms. The van der Waals surface area contributed by atoms with Crippen molar-refractivity contribution in [2.45, 2.75) is 33.1 Å². The quantitative estimate of drug-likeness (QED) is 0.693. The van der Waals surface area contributed by atoms with Gasteiger partial charge in [-0.1, -0.05) is 12.1 Å². The monoisotopic (exact) mass is 383 g/mol. The van der Waals surface area contributed by atoms with Crippen LogP contribution in [0.4, 0.5) is 5.69 Å². The fourth-order valence-electron chi connectivity index (χ4n) is 2.91. The van der Waals surface area contributed by atoms with E-state index in [0.29, 0.717) is 16.8 Å². The molecule has 27 heavy (non-hydrogen) atoms. The van der Waals surface area contributed by atoms with Gasteiger partial charge in [-0.3, -0.25) is 14.2 Å². The molecule has 0 unspecified atom stereocenters. The number of amides is 1. The van der Waals surface area contributed by atoms with Gasteiger partial charge in [-0.15, -0.1) is 11.3 Å². The zero-order valence-corrected chi connectivity index (χ0v) is 16.4. The summed E-state index contributed by atoms with van der Waals surface area (Å²) in [6.07, 6.45) is 1.73. The van der Waals surface area contributed by atoms with Gasteiger partial charge in [-0.25, -0.2) is 4.98 Å². The van der Waals surface area contributed by atoms with Crippen LogP contribution in [0.2, 0.25) is 0 Å². The minimum atomic E-state index is -0.985. The van der Waals surface area contributed by atoms with Crippen LogP contribution in [0.1, 0.15) is 41.2 Å². The Bertz CT molecular complexity index is 986. The lowest BCUT2D eigenvalue weighted by Crippen LogP contribution is -2.28. The second-order valence-electron chi connectivity index (χ2n) is 6.90. The molecule has 1 amide bonds. The Balaban J connectivity index is 1.82. The van der Waals surface area contributed by atoms with Gasteiger partial charge in [-0.05, 0) is 51.5 Å². The van der Waals surface area contributed by atoms with E-state index >= 15 is 0 Å². The zero-order valence-electron chi connectivity index (χ0n) is 15.6. The number of aliphatic carboxylic acids is 1. The fraction of sp³-hybridized carbons (Fsp3) is 0.250. The maximum absolute atomic E-state index is 12.7. The van der Waals surface area contributed by atoms with Gasteiger partial charge in [0.15, 0.2) is 5.13 Å². The van der Waals surface area contributed by atoms with E-state index in [4.69, 9.17) is 0 Å². The number of carboxylic acids is 1. The highest BCUT2D eigenvalue weighted by Crippen LogP contribution is 2.26. The predicted octanol–water partition coefficient (Wildman–Crippen LogP) is 4.17. The normalized spacial score (nSPS) is 11.4. The van der Waals surface area contributed by atoms with E-state index in [1.165, 1.54) is 11.3 Å². The molecule has 0 aliphatic heterocycles. The fourth-order valence-corrected chi connectivity index (χ4v) is 3.66. The van der Waals surface area contributed by atoms with Crippen LogP contribution in [0.25, 0.3) is 5.13 Å². The number of aryl methyl sites for hydroxylation is 1. The van der Waals surface area contributed by atoms with Gasteiger partial charge in [0.1, 0.15) is 0 Å². The number of benzene rings is 1. The van der Waals surface area contributed by atoms with Crippen LogP contribution in [0.5, 0.6) is 0 Å². The van der Waals surface area contributed by atoms with Gasteiger partial charge in [0.25, 0.3) is 5.91 Å². The lowest BCUT2D eigenvalue weighted by atomic mass is 9.85. The van der Waals surface area contributed by atoms with Gasteiger partial charge in [0.2, 0.25) is 0 Å². The summed E-state index contributed by atoms with van der Waals surface area (Å²) in [5.74, 6) is -1.11. The molecule has 0 spiro atoms. The highest BCUT2D eigenvalue weighted by molar-refractivity contribution is 7.12. The molecule has 0 bridgehead atoms. The number of carboxylic acid groups (broad SMARTS) is 1.